The summed E-state index contributed by atoms with van der Waals surface area (Å²) in [7, 11) is 2.06. The molecular weight excluding hydrogens is 316 g/mol. The minimum Gasteiger partial charge on any atom is -0.465 e. The molecule has 0 aliphatic rings. The average Bonchev–Trinajstić information content (AvgIpc) is 2.23. The molecule has 0 aliphatic heterocycles. The largest absolute Gasteiger partial charge is 0.465 e. The Labute approximate surface area is 110 Å². The number of carbonyl (C=O) groups is 1. The predicted molar refractivity (Wildman–Crippen MR) is 75.7 cm³/mol. The summed E-state index contributed by atoms with van der Waals surface area (Å²) in [5, 5.41) is 3.07. The highest BCUT2D eigenvalue weighted by molar-refractivity contribution is 14.1. The Morgan fingerprint density at radius 2 is 2.31 bits per heavy atom. The first-order valence-corrected chi connectivity index (χ1v) is 6.32. The van der Waals surface area contributed by atoms with Crippen LogP contribution in [0.1, 0.15) is 12.5 Å². The van der Waals surface area contributed by atoms with Crippen LogP contribution in [0.4, 0.5) is 0 Å². The molecule has 0 unspecified atom stereocenters. The van der Waals surface area contributed by atoms with Gasteiger partial charge in [0, 0.05) is 10.1 Å². The number of halogens is 1. The summed E-state index contributed by atoms with van der Waals surface area (Å²) in [6, 6.07) is 6.29. The van der Waals surface area contributed by atoms with Crippen LogP contribution in [0, 0.1) is 3.57 Å². The van der Waals surface area contributed by atoms with Gasteiger partial charge in [-0.25, -0.2) is 0 Å². The fraction of sp³-hybridized carbons (Fsp3) is 0.364. The minimum absolute atomic E-state index is 0.204. The monoisotopic (exact) mass is 331 g/mol. The molecule has 0 aliphatic carbocycles. The van der Waals surface area contributed by atoms with Gasteiger partial charge in [0.2, 0.25) is 0 Å². The zero-order chi connectivity index (χ0) is 12.0. The highest BCUT2D eigenvalue weighted by Gasteiger charge is 2.03. The van der Waals surface area contributed by atoms with Crippen molar-refractivity contribution in [1.82, 2.24) is 5.32 Å². The maximum Gasteiger partial charge on any atom is 0.319 e. The molecular formula is C11H15BINO2. The summed E-state index contributed by atoms with van der Waals surface area (Å²) < 4.78 is 6.04. The summed E-state index contributed by atoms with van der Waals surface area (Å²) in [6.07, 6.45) is 0. The van der Waals surface area contributed by atoms with E-state index in [9.17, 15) is 4.79 Å². The summed E-state index contributed by atoms with van der Waals surface area (Å²) in [5.41, 5.74) is 2.44. The zero-order valence-electron chi connectivity index (χ0n) is 9.55. The lowest BCUT2D eigenvalue weighted by atomic mass is 9.94. The van der Waals surface area contributed by atoms with Crippen molar-refractivity contribution in [3.05, 3.63) is 27.3 Å². The van der Waals surface area contributed by atoms with E-state index in [2.05, 4.69) is 54.0 Å². The van der Waals surface area contributed by atoms with Crippen LogP contribution in [0.5, 0.6) is 0 Å². The maximum absolute atomic E-state index is 11.1. The number of esters is 1. The van der Waals surface area contributed by atoms with Gasteiger partial charge in [0.05, 0.1) is 13.2 Å². The standard InChI is InChI=1S/C11H15BINO2/c1-2-16-11(15)7-14-6-8-5-9(12)3-4-10(8)13/h3-5,14H,2,6-7,12H2,1H3. The van der Waals surface area contributed by atoms with Crippen molar-refractivity contribution in [2.45, 2.75) is 13.5 Å². The molecule has 0 spiro atoms. The van der Waals surface area contributed by atoms with E-state index in [-0.39, 0.29) is 12.5 Å². The molecule has 0 saturated heterocycles. The second-order valence-electron chi connectivity index (χ2n) is 3.50. The Bertz CT molecular complexity index is 371. The molecule has 0 amide bonds. The molecule has 16 heavy (non-hydrogen) atoms. The Balaban J connectivity index is 2.42. The van der Waals surface area contributed by atoms with Gasteiger partial charge in [-0.3, -0.25) is 4.79 Å². The molecule has 0 aromatic heterocycles. The van der Waals surface area contributed by atoms with E-state index in [1.165, 1.54) is 14.6 Å². The molecule has 0 saturated carbocycles. The van der Waals surface area contributed by atoms with E-state index < -0.39 is 0 Å². The van der Waals surface area contributed by atoms with E-state index >= 15 is 0 Å². The van der Waals surface area contributed by atoms with E-state index in [1.807, 2.05) is 0 Å². The average molecular weight is 331 g/mol. The van der Waals surface area contributed by atoms with E-state index in [1.54, 1.807) is 6.92 Å². The predicted octanol–water partition coefficient (Wildman–Crippen LogP) is 0.202. The van der Waals surface area contributed by atoms with Crippen LogP contribution in [0.15, 0.2) is 18.2 Å². The van der Waals surface area contributed by atoms with Gasteiger partial charge in [-0.05, 0) is 41.1 Å². The lowest BCUT2D eigenvalue weighted by Gasteiger charge is -2.07. The van der Waals surface area contributed by atoms with Crippen molar-refractivity contribution in [3.63, 3.8) is 0 Å². The highest BCUT2D eigenvalue weighted by atomic mass is 127. The molecule has 1 N–H and O–H groups in total. The number of rotatable bonds is 5. The van der Waals surface area contributed by atoms with E-state index in [0.29, 0.717) is 13.2 Å². The van der Waals surface area contributed by atoms with Gasteiger partial charge in [-0.1, -0.05) is 17.6 Å². The lowest BCUT2D eigenvalue weighted by Crippen LogP contribution is -2.25. The smallest absolute Gasteiger partial charge is 0.319 e. The molecule has 1 aromatic carbocycles. The Morgan fingerprint density at radius 1 is 1.56 bits per heavy atom. The third-order valence-electron chi connectivity index (χ3n) is 2.09. The lowest BCUT2D eigenvalue weighted by molar-refractivity contribution is -0.142. The third kappa shape index (κ3) is 4.53. The number of carbonyl (C=O) groups excluding carboxylic acids is 1. The topological polar surface area (TPSA) is 38.3 Å². The Kier molecular flexibility index (Phi) is 5.83. The van der Waals surface area contributed by atoms with Crippen molar-refractivity contribution in [2.75, 3.05) is 13.2 Å². The van der Waals surface area contributed by atoms with Gasteiger partial charge in [0.15, 0.2) is 0 Å². The molecule has 1 rings (SSSR count). The number of benzene rings is 1. The molecule has 86 valence electrons. The SMILES string of the molecule is Bc1ccc(I)c(CNCC(=O)OCC)c1. The van der Waals surface area contributed by atoms with Crippen molar-refractivity contribution < 1.29 is 9.53 Å². The van der Waals surface area contributed by atoms with Crippen LogP contribution < -0.4 is 10.8 Å². The van der Waals surface area contributed by atoms with Crippen LogP contribution in [0.25, 0.3) is 0 Å². The second-order valence-corrected chi connectivity index (χ2v) is 4.67. The Morgan fingerprint density at radius 3 is 3.00 bits per heavy atom. The molecule has 1 aromatic rings. The first-order valence-electron chi connectivity index (χ1n) is 5.25. The van der Waals surface area contributed by atoms with Crippen LogP contribution in [-0.4, -0.2) is 27.0 Å². The van der Waals surface area contributed by atoms with Crippen molar-refractivity contribution in [3.8, 4) is 0 Å². The van der Waals surface area contributed by atoms with Crippen LogP contribution in [-0.2, 0) is 16.1 Å². The minimum atomic E-state index is -0.204. The van der Waals surface area contributed by atoms with E-state index in [0.717, 1.165) is 0 Å². The van der Waals surface area contributed by atoms with Crippen LogP contribution in [0.3, 0.4) is 0 Å². The zero-order valence-corrected chi connectivity index (χ0v) is 11.7. The first-order chi connectivity index (χ1) is 7.63. The number of hydrogen-bond donors (Lipinski definition) is 1. The fourth-order valence-electron chi connectivity index (χ4n) is 1.35. The number of ether oxygens (including phenoxy) is 1. The van der Waals surface area contributed by atoms with Gasteiger partial charge in [0.25, 0.3) is 0 Å². The number of nitrogens with one attached hydrogen (secondary N) is 1. The highest BCUT2D eigenvalue weighted by Crippen LogP contribution is 2.09. The molecule has 0 fully saturated rings. The van der Waals surface area contributed by atoms with Crippen molar-refractivity contribution in [2.24, 2.45) is 0 Å². The third-order valence-corrected chi connectivity index (χ3v) is 3.14. The fourth-order valence-corrected chi connectivity index (χ4v) is 1.88. The molecule has 3 nitrogen and oxygen atoms in total. The normalized spacial score (nSPS) is 10.1. The van der Waals surface area contributed by atoms with Gasteiger partial charge in [-0.15, -0.1) is 0 Å². The summed E-state index contributed by atoms with van der Waals surface area (Å²) >= 11 is 2.29. The summed E-state index contributed by atoms with van der Waals surface area (Å²) in [5.74, 6) is -0.204. The summed E-state index contributed by atoms with van der Waals surface area (Å²) in [6.45, 7) is 3.19. The first kappa shape index (κ1) is 13.5. The summed E-state index contributed by atoms with van der Waals surface area (Å²) in [4.78, 5) is 11.1. The second kappa shape index (κ2) is 6.91. The van der Waals surface area contributed by atoms with E-state index in [4.69, 9.17) is 4.74 Å². The molecule has 0 radical (unpaired) electrons. The quantitative estimate of drug-likeness (QED) is 0.476. The molecule has 0 atom stereocenters. The molecule has 0 bridgehead atoms. The van der Waals surface area contributed by atoms with Crippen molar-refractivity contribution in [1.29, 1.82) is 0 Å². The van der Waals surface area contributed by atoms with Gasteiger partial charge in [-0.2, -0.15) is 0 Å². The van der Waals surface area contributed by atoms with Gasteiger partial charge < -0.3 is 10.1 Å². The van der Waals surface area contributed by atoms with Crippen molar-refractivity contribution >= 4 is 41.9 Å². The van der Waals surface area contributed by atoms with Crippen LogP contribution in [0.2, 0.25) is 0 Å². The maximum atomic E-state index is 11.1. The number of hydrogen-bond acceptors (Lipinski definition) is 3. The molecule has 5 heteroatoms. The Hall–Kier alpha value is -0.555. The van der Waals surface area contributed by atoms with Gasteiger partial charge in [0.1, 0.15) is 7.85 Å². The van der Waals surface area contributed by atoms with Crippen LogP contribution >= 0.6 is 22.6 Å². The molecule has 0 heterocycles. The van der Waals surface area contributed by atoms with Gasteiger partial charge >= 0.3 is 5.97 Å².